The summed E-state index contributed by atoms with van der Waals surface area (Å²) in [4.78, 5) is 12.3. The van der Waals surface area contributed by atoms with Gasteiger partial charge in [0.25, 0.3) is 5.90 Å². The standard InChI is InChI=1S/C15H10N3O/c19-15(13-7-1-2-9-16-13)18-12-8-3-5-11-6-4-10-17-14(11)12/h1-10H. The Labute approximate surface area is 110 Å². The predicted molar refractivity (Wildman–Crippen MR) is 72.9 cm³/mol. The highest BCUT2D eigenvalue weighted by Gasteiger charge is 2.06. The third-order valence-electron chi connectivity index (χ3n) is 2.72. The molecule has 19 heavy (non-hydrogen) atoms. The smallest absolute Gasteiger partial charge is 0.265 e. The summed E-state index contributed by atoms with van der Waals surface area (Å²) in [5, 5.41) is 13.0. The van der Waals surface area contributed by atoms with Gasteiger partial charge in [0, 0.05) is 17.8 Å². The lowest BCUT2D eigenvalue weighted by Gasteiger charge is -2.00. The fourth-order valence-electron chi connectivity index (χ4n) is 1.83. The van der Waals surface area contributed by atoms with Crippen LogP contribution in [0.15, 0.2) is 65.9 Å². The highest BCUT2D eigenvalue weighted by atomic mass is 16.3. The molecule has 0 fully saturated rings. The molecule has 0 saturated carbocycles. The number of fused-ring (bicyclic) bond motifs is 1. The van der Waals surface area contributed by atoms with Crippen molar-refractivity contribution in [2.24, 2.45) is 4.99 Å². The van der Waals surface area contributed by atoms with Gasteiger partial charge in [-0.2, -0.15) is 0 Å². The molecule has 0 amide bonds. The van der Waals surface area contributed by atoms with E-state index in [0.29, 0.717) is 16.9 Å². The lowest BCUT2D eigenvalue weighted by Crippen LogP contribution is -1.99. The molecule has 3 rings (SSSR count). The van der Waals surface area contributed by atoms with E-state index in [1.165, 1.54) is 0 Å². The molecule has 0 aliphatic heterocycles. The second-order valence-electron chi connectivity index (χ2n) is 3.98. The first kappa shape index (κ1) is 11.3. The molecule has 0 atom stereocenters. The van der Waals surface area contributed by atoms with Crippen LogP contribution in [0.5, 0.6) is 0 Å². The molecule has 4 heteroatoms. The number of hydrogen-bond donors (Lipinski definition) is 0. The van der Waals surface area contributed by atoms with Gasteiger partial charge in [-0.1, -0.05) is 24.3 Å². The molecule has 0 N–H and O–H groups in total. The van der Waals surface area contributed by atoms with Gasteiger partial charge in [0.1, 0.15) is 5.69 Å². The van der Waals surface area contributed by atoms with Gasteiger partial charge in [-0.25, -0.2) is 4.99 Å². The van der Waals surface area contributed by atoms with Gasteiger partial charge in [-0.3, -0.25) is 15.1 Å². The van der Waals surface area contributed by atoms with Crippen LogP contribution in [-0.2, 0) is 5.11 Å². The zero-order chi connectivity index (χ0) is 13.1. The van der Waals surface area contributed by atoms with E-state index in [9.17, 15) is 5.11 Å². The van der Waals surface area contributed by atoms with Crippen LogP contribution in [0.3, 0.4) is 0 Å². The Morgan fingerprint density at radius 3 is 2.58 bits per heavy atom. The Kier molecular flexibility index (Phi) is 2.90. The molecule has 0 bridgehead atoms. The zero-order valence-corrected chi connectivity index (χ0v) is 10.0. The Morgan fingerprint density at radius 1 is 0.895 bits per heavy atom. The van der Waals surface area contributed by atoms with E-state index < -0.39 is 0 Å². The first-order valence-corrected chi connectivity index (χ1v) is 5.85. The van der Waals surface area contributed by atoms with Crippen LogP contribution in [0.25, 0.3) is 10.9 Å². The average Bonchev–Trinajstić information content (AvgIpc) is 2.48. The number of benzene rings is 1. The molecule has 1 aromatic carbocycles. The van der Waals surface area contributed by atoms with Crippen molar-refractivity contribution in [3.05, 3.63) is 66.6 Å². The van der Waals surface area contributed by atoms with Crippen LogP contribution >= 0.6 is 0 Å². The number of nitrogens with zero attached hydrogens (tertiary/aromatic N) is 3. The number of aliphatic imine (C=N–C) groups is 1. The van der Waals surface area contributed by atoms with Gasteiger partial charge in [0.2, 0.25) is 0 Å². The van der Waals surface area contributed by atoms with Crippen molar-refractivity contribution < 1.29 is 5.11 Å². The maximum atomic E-state index is 12.0. The number of para-hydroxylation sites is 1. The molecule has 0 aliphatic carbocycles. The van der Waals surface area contributed by atoms with Crippen molar-refractivity contribution in [3.8, 4) is 0 Å². The first-order chi connectivity index (χ1) is 9.34. The first-order valence-electron chi connectivity index (χ1n) is 5.85. The number of pyridine rings is 2. The van der Waals surface area contributed by atoms with Crippen LogP contribution in [0.1, 0.15) is 5.69 Å². The van der Waals surface area contributed by atoms with E-state index in [0.717, 1.165) is 5.39 Å². The van der Waals surface area contributed by atoms with Crippen LogP contribution in [-0.4, -0.2) is 15.9 Å². The molecular weight excluding hydrogens is 238 g/mol. The van der Waals surface area contributed by atoms with Crippen LogP contribution in [0.2, 0.25) is 0 Å². The normalized spacial score (nSPS) is 11.7. The summed E-state index contributed by atoms with van der Waals surface area (Å²) in [6, 6.07) is 14.5. The van der Waals surface area contributed by atoms with Gasteiger partial charge >= 0.3 is 0 Å². The van der Waals surface area contributed by atoms with Crippen molar-refractivity contribution in [3.63, 3.8) is 0 Å². The van der Waals surface area contributed by atoms with E-state index in [-0.39, 0.29) is 5.90 Å². The average molecular weight is 248 g/mol. The highest BCUT2D eigenvalue weighted by molar-refractivity contribution is 5.96. The summed E-state index contributed by atoms with van der Waals surface area (Å²) in [5.74, 6) is -0.362. The quantitative estimate of drug-likeness (QED) is 0.516. The van der Waals surface area contributed by atoms with Crippen molar-refractivity contribution in [1.82, 2.24) is 9.97 Å². The van der Waals surface area contributed by atoms with E-state index in [1.54, 1.807) is 36.7 Å². The maximum absolute atomic E-state index is 12.0. The third-order valence-corrected chi connectivity index (χ3v) is 2.72. The van der Waals surface area contributed by atoms with Gasteiger partial charge in [0.05, 0.1) is 11.2 Å². The largest absolute Gasteiger partial charge is 0.296 e. The molecule has 2 heterocycles. The maximum Gasteiger partial charge on any atom is 0.296 e. The Bertz CT molecular complexity index is 733. The second kappa shape index (κ2) is 4.86. The monoisotopic (exact) mass is 248 g/mol. The van der Waals surface area contributed by atoms with Gasteiger partial charge in [-0.05, 0) is 24.3 Å². The zero-order valence-electron chi connectivity index (χ0n) is 10.0. The van der Waals surface area contributed by atoms with Crippen molar-refractivity contribution in [2.75, 3.05) is 0 Å². The molecule has 0 spiro atoms. The summed E-state index contributed by atoms with van der Waals surface area (Å²) in [5.41, 5.74) is 1.61. The van der Waals surface area contributed by atoms with Crippen LogP contribution in [0, 0.1) is 0 Å². The lowest BCUT2D eigenvalue weighted by molar-refractivity contribution is 0.428. The molecule has 0 saturated heterocycles. The summed E-state index contributed by atoms with van der Waals surface area (Å²) in [6.45, 7) is 0. The molecule has 91 valence electrons. The van der Waals surface area contributed by atoms with Gasteiger partial charge < -0.3 is 0 Å². The minimum atomic E-state index is -0.362. The number of rotatable bonds is 2. The molecule has 4 nitrogen and oxygen atoms in total. The third kappa shape index (κ3) is 2.28. The number of aromatic nitrogens is 2. The fraction of sp³-hybridized carbons (Fsp3) is 0. The molecular formula is C15H10N3O. The van der Waals surface area contributed by atoms with Crippen molar-refractivity contribution in [1.29, 1.82) is 0 Å². The molecule has 3 aromatic rings. The summed E-state index contributed by atoms with van der Waals surface area (Å²) < 4.78 is 0. The highest BCUT2D eigenvalue weighted by Crippen LogP contribution is 2.23. The predicted octanol–water partition coefficient (Wildman–Crippen LogP) is 3.14. The minimum absolute atomic E-state index is 0.329. The van der Waals surface area contributed by atoms with Gasteiger partial charge in [0.15, 0.2) is 0 Å². The van der Waals surface area contributed by atoms with E-state index >= 15 is 0 Å². The van der Waals surface area contributed by atoms with E-state index in [4.69, 9.17) is 0 Å². The van der Waals surface area contributed by atoms with Crippen molar-refractivity contribution >= 4 is 22.5 Å². The number of hydrogen-bond acceptors (Lipinski definition) is 3. The second-order valence-corrected chi connectivity index (χ2v) is 3.98. The molecule has 0 unspecified atom stereocenters. The Morgan fingerprint density at radius 2 is 1.74 bits per heavy atom. The Hall–Kier alpha value is -2.75. The van der Waals surface area contributed by atoms with Crippen LogP contribution < -0.4 is 0 Å². The SMILES string of the molecule is [O]C(=Nc1cccc2cccnc12)c1ccccn1. The summed E-state index contributed by atoms with van der Waals surface area (Å²) in [6.07, 6.45) is 3.26. The summed E-state index contributed by atoms with van der Waals surface area (Å²) in [7, 11) is 0. The Balaban J connectivity index is 2.11. The lowest BCUT2D eigenvalue weighted by atomic mass is 10.2. The topological polar surface area (TPSA) is 58.0 Å². The van der Waals surface area contributed by atoms with Crippen molar-refractivity contribution in [2.45, 2.75) is 0 Å². The minimum Gasteiger partial charge on any atom is -0.265 e. The van der Waals surface area contributed by atoms with Gasteiger partial charge in [-0.15, -0.1) is 0 Å². The fourth-order valence-corrected chi connectivity index (χ4v) is 1.83. The molecule has 2 aromatic heterocycles. The summed E-state index contributed by atoms with van der Waals surface area (Å²) >= 11 is 0. The van der Waals surface area contributed by atoms with E-state index in [1.807, 2.05) is 24.3 Å². The van der Waals surface area contributed by atoms with E-state index in [2.05, 4.69) is 15.0 Å². The molecule has 0 aliphatic rings. The van der Waals surface area contributed by atoms with Crippen LogP contribution in [0.4, 0.5) is 5.69 Å². The molecule has 1 radical (unpaired) electrons.